The number of rotatable bonds is 8. The Balaban J connectivity index is 3.13. The Kier molecular flexibility index (Phi) is 6.25. The third kappa shape index (κ3) is 4.09. The van der Waals surface area contributed by atoms with Gasteiger partial charge in [0.25, 0.3) is 0 Å². The molecule has 1 atom stereocenters. The van der Waals surface area contributed by atoms with Crippen LogP contribution in [0.5, 0.6) is 11.5 Å². The van der Waals surface area contributed by atoms with Crippen LogP contribution >= 0.6 is 0 Å². The van der Waals surface area contributed by atoms with Gasteiger partial charge < -0.3 is 14.2 Å². The highest BCUT2D eigenvalue weighted by Crippen LogP contribution is 2.28. The van der Waals surface area contributed by atoms with Gasteiger partial charge in [0, 0.05) is 19.2 Å². The second kappa shape index (κ2) is 7.47. The van der Waals surface area contributed by atoms with Crippen LogP contribution in [0.15, 0.2) is 23.1 Å². The van der Waals surface area contributed by atoms with E-state index in [1.165, 1.54) is 27.4 Å². The van der Waals surface area contributed by atoms with Gasteiger partial charge in [-0.15, -0.1) is 0 Å². The predicted molar refractivity (Wildman–Crippen MR) is 75.8 cm³/mol. The maximum Gasteiger partial charge on any atom is 0.244 e. The first-order valence-corrected chi connectivity index (χ1v) is 7.70. The zero-order valence-electron chi connectivity index (χ0n) is 12.2. The lowest BCUT2D eigenvalue weighted by Crippen LogP contribution is -2.37. The number of hydrogen-bond acceptors (Lipinski definition) is 5. The third-order valence-electron chi connectivity index (χ3n) is 2.84. The molecular formula is C13H21NO5S. The molecule has 1 aromatic carbocycles. The van der Waals surface area contributed by atoms with Gasteiger partial charge >= 0.3 is 0 Å². The average molecular weight is 303 g/mol. The first-order valence-electron chi connectivity index (χ1n) is 6.21. The van der Waals surface area contributed by atoms with Gasteiger partial charge in [-0.25, -0.2) is 13.1 Å². The summed E-state index contributed by atoms with van der Waals surface area (Å²) in [7, 11) is 0.728. The Morgan fingerprint density at radius 3 is 2.40 bits per heavy atom. The maximum atomic E-state index is 12.4. The molecule has 0 fully saturated rings. The molecular weight excluding hydrogens is 282 g/mol. The van der Waals surface area contributed by atoms with E-state index in [0.29, 0.717) is 18.8 Å². The molecule has 1 N–H and O–H groups in total. The Hall–Kier alpha value is -1.31. The zero-order chi connectivity index (χ0) is 15.2. The van der Waals surface area contributed by atoms with Gasteiger partial charge in [-0.05, 0) is 18.6 Å². The van der Waals surface area contributed by atoms with E-state index >= 15 is 0 Å². The van der Waals surface area contributed by atoms with E-state index in [9.17, 15) is 8.42 Å². The first kappa shape index (κ1) is 16.7. The molecule has 0 aliphatic carbocycles. The summed E-state index contributed by atoms with van der Waals surface area (Å²) in [4.78, 5) is 0.0499. The van der Waals surface area contributed by atoms with Gasteiger partial charge in [0.15, 0.2) is 0 Å². The summed E-state index contributed by atoms with van der Waals surface area (Å²) in [5.41, 5.74) is 0. The lowest BCUT2D eigenvalue weighted by atomic mass is 10.3. The molecule has 0 amide bonds. The van der Waals surface area contributed by atoms with E-state index in [1.807, 2.05) is 6.92 Å². The Bertz CT molecular complexity index is 530. The summed E-state index contributed by atoms with van der Waals surface area (Å²) in [6, 6.07) is 4.34. The van der Waals surface area contributed by atoms with Crippen molar-refractivity contribution >= 4 is 10.0 Å². The van der Waals surface area contributed by atoms with Gasteiger partial charge in [-0.3, -0.25) is 0 Å². The monoisotopic (exact) mass is 303 g/mol. The SMILES string of the molecule is CCC(COC)NS(=O)(=O)c1cc(OC)ccc1OC. The fourth-order valence-corrected chi connectivity index (χ4v) is 3.20. The van der Waals surface area contributed by atoms with Crippen molar-refractivity contribution in [3.05, 3.63) is 18.2 Å². The van der Waals surface area contributed by atoms with Gasteiger partial charge in [0.05, 0.1) is 20.8 Å². The van der Waals surface area contributed by atoms with Gasteiger partial charge in [0.1, 0.15) is 16.4 Å². The van der Waals surface area contributed by atoms with Crippen LogP contribution in [0.1, 0.15) is 13.3 Å². The number of sulfonamides is 1. The van der Waals surface area contributed by atoms with Crippen molar-refractivity contribution in [2.45, 2.75) is 24.3 Å². The van der Waals surface area contributed by atoms with Crippen LogP contribution in [-0.2, 0) is 14.8 Å². The number of nitrogens with one attached hydrogen (secondary N) is 1. The van der Waals surface area contributed by atoms with Crippen LogP contribution in [0.2, 0.25) is 0 Å². The second-order valence-corrected chi connectivity index (χ2v) is 5.88. The number of methoxy groups -OCH3 is 3. The minimum absolute atomic E-state index is 0.0499. The van der Waals surface area contributed by atoms with Crippen LogP contribution in [0.25, 0.3) is 0 Å². The molecule has 0 saturated heterocycles. The Morgan fingerprint density at radius 2 is 1.90 bits per heavy atom. The summed E-state index contributed by atoms with van der Waals surface area (Å²) < 4.78 is 42.6. The fraction of sp³-hybridized carbons (Fsp3) is 0.538. The smallest absolute Gasteiger partial charge is 0.244 e. The molecule has 6 nitrogen and oxygen atoms in total. The number of ether oxygens (including phenoxy) is 3. The van der Waals surface area contributed by atoms with Gasteiger partial charge in [-0.2, -0.15) is 0 Å². The highest BCUT2D eigenvalue weighted by Gasteiger charge is 2.23. The molecule has 7 heteroatoms. The van der Waals surface area contributed by atoms with Crippen LogP contribution in [-0.4, -0.2) is 42.4 Å². The molecule has 0 radical (unpaired) electrons. The second-order valence-electron chi connectivity index (χ2n) is 4.20. The van der Waals surface area contributed by atoms with E-state index in [4.69, 9.17) is 14.2 Å². The van der Waals surface area contributed by atoms with Crippen LogP contribution in [0, 0.1) is 0 Å². The molecule has 0 heterocycles. The summed E-state index contributed by atoms with van der Waals surface area (Å²) in [5, 5.41) is 0. The molecule has 114 valence electrons. The van der Waals surface area contributed by atoms with E-state index in [0.717, 1.165) is 0 Å². The highest BCUT2D eigenvalue weighted by atomic mass is 32.2. The van der Waals surface area contributed by atoms with Crippen LogP contribution in [0.3, 0.4) is 0 Å². The van der Waals surface area contributed by atoms with Crippen molar-refractivity contribution in [2.75, 3.05) is 27.9 Å². The van der Waals surface area contributed by atoms with Gasteiger partial charge in [-0.1, -0.05) is 6.92 Å². The quantitative estimate of drug-likeness (QED) is 0.786. The third-order valence-corrected chi connectivity index (χ3v) is 4.38. The van der Waals surface area contributed by atoms with E-state index in [-0.39, 0.29) is 16.7 Å². The van der Waals surface area contributed by atoms with E-state index in [1.54, 1.807) is 12.1 Å². The predicted octanol–water partition coefficient (Wildman–Crippen LogP) is 1.41. The average Bonchev–Trinajstić information content (AvgIpc) is 2.45. The normalized spacial score (nSPS) is 13.0. The van der Waals surface area contributed by atoms with Crippen molar-refractivity contribution in [1.29, 1.82) is 0 Å². The molecule has 0 aromatic heterocycles. The number of benzene rings is 1. The molecule has 1 rings (SSSR count). The molecule has 1 aromatic rings. The van der Waals surface area contributed by atoms with Crippen LogP contribution < -0.4 is 14.2 Å². The minimum atomic E-state index is -3.70. The Morgan fingerprint density at radius 1 is 1.20 bits per heavy atom. The molecule has 0 spiro atoms. The lowest BCUT2D eigenvalue weighted by Gasteiger charge is -2.17. The van der Waals surface area contributed by atoms with Gasteiger partial charge in [0.2, 0.25) is 10.0 Å². The Labute approximate surface area is 120 Å². The van der Waals surface area contributed by atoms with E-state index < -0.39 is 10.0 Å². The largest absolute Gasteiger partial charge is 0.497 e. The van der Waals surface area contributed by atoms with Crippen molar-refractivity contribution in [2.24, 2.45) is 0 Å². The van der Waals surface area contributed by atoms with Crippen molar-refractivity contribution in [3.63, 3.8) is 0 Å². The number of hydrogen-bond donors (Lipinski definition) is 1. The summed E-state index contributed by atoms with van der Waals surface area (Å²) in [6.45, 7) is 2.19. The topological polar surface area (TPSA) is 73.9 Å². The molecule has 0 bridgehead atoms. The summed E-state index contributed by atoms with van der Waals surface area (Å²) >= 11 is 0. The zero-order valence-corrected chi connectivity index (χ0v) is 13.0. The molecule has 0 saturated carbocycles. The van der Waals surface area contributed by atoms with Crippen molar-refractivity contribution in [1.82, 2.24) is 4.72 Å². The fourth-order valence-electron chi connectivity index (χ4n) is 1.71. The van der Waals surface area contributed by atoms with Crippen LogP contribution in [0.4, 0.5) is 0 Å². The summed E-state index contributed by atoms with van der Waals surface area (Å²) in [6.07, 6.45) is 0.624. The standard InChI is InChI=1S/C13H21NO5S/c1-5-10(9-17-2)14-20(15,16)13-8-11(18-3)6-7-12(13)19-4/h6-8,10,14H,5,9H2,1-4H3. The summed E-state index contributed by atoms with van der Waals surface area (Å²) in [5.74, 6) is 0.719. The maximum absolute atomic E-state index is 12.4. The molecule has 20 heavy (non-hydrogen) atoms. The lowest BCUT2D eigenvalue weighted by molar-refractivity contribution is 0.173. The highest BCUT2D eigenvalue weighted by molar-refractivity contribution is 7.89. The molecule has 0 aliphatic rings. The molecule has 1 unspecified atom stereocenters. The molecule has 0 aliphatic heterocycles. The van der Waals surface area contributed by atoms with Crippen molar-refractivity contribution < 1.29 is 22.6 Å². The minimum Gasteiger partial charge on any atom is -0.497 e. The van der Waals surface area contributed by atoms with E-state index in [2.05, 4.69) is 4.72 Å². The first-order chi connectivity index (χ1) is 9.48. The van der Waals surface area contributed by atoms with Crippen molar-refractivity contribution in [3.8, 4) is 11.5 Å².